The molecule has 2 rings (SSSR count). The van der Waals surface area contributed by atoms with Crippen LogP contribution in [0.3, 0.4) is 0 Å². The van der Waals surface area contributed by atoms with Gasteiger partial charge in [-0.2, -0.15) is 0 Å². The predicted octanol–water partition coefficient (Wildman–Crippen LogP) is 3.82. The zero-order valence-electron chi connectivity index (χ0n) is 12.1. The van der Waals surface area contributed by atoms with Crippen LogP contribution in [0.5, 0.6) is 0 Å². The largest absolute Gasteiger partial charge is 0.398 e. The number of benzene rings is 2. The lowest BCUT2D eigenvalue weighted by Gasteiger charge is -2.23. The number of rotatable bonds is 2. The summed E-state index contributed by atoms with van der Waals surface area (Å²) in [7, 11) is 0. The van der Waals surface area contributed by atoms with E-state index in [4.69, 9.17) is 5.73 Å². The van der Waals surface area contributed by atoms with Crippen molar-refractivity contribution in [2.24, 2.45) is 0 Å². The molecule has 0 aliphatic carbocycles. The van der Waals surface area contributed by atoms with Crippen molar-refractivity contribution in [3.05, 3.63) is 59.7 Å². The van der Waals surface area contributed by atoms with Crippen LogP contribution in [-0.4, -0.2) is 5.91 Å². The van der Waals surface area contributed by atoms with Gasteiger partial charge in [0.1, 0.15) is 0 Å². The second kappa shape index (κ2) is 5.37. The summed E-state index contributed by atoms with van der Waals surface area (Å²) in [5.41, 5.74) is 8.71. The number of carbonyl (C=O) groups excluding carboxylic acids is 1. The molecule has 0 spiro atoms. The normalized spacial score (nSPS) is 11.2. The molecule has 2 aromatic rings. The van der Waals surface area contributed by atoms with Crippen LogP contribution in [0.15, 0.2) is 48.5 Å². The highest BCUT2D eigenvalue weighted by molar-refractivity contribution is 6.08. The van der Waals surface area contributed by atoms with Crippen LogP contribution in [0.4, 0.5) is 11.4 Å². The fourth-order valence-corrected chi connectivity index (χ4v) is 2.14. The van der Waals surface area contributed by atoms with Gasteiger partial charge in [-0.15, -0.1) is 0 Å². The summed E-state index contributed by atoms with van der Waals surface area (Å²) in [5.74, 6) is -0.181. The first-order valence-electron chi connectivity index (χ1n) is 6.65. The van der Waals surface area contributed by atoms with Crippen LogP contribution in [-0.2, 0) is 5.41 Å². The molecule has 0 aromatic heterocycles. The molecule has 2 aromatic carbocycles. The standard InChI is InChI=1S/C17H20N2O/c1-17(2,3)13-9-5-7-11-15(13)19-16(20)12-8-4-6-10-14(12)18/h4-11H,18H2,1-3H3,(H,19,20). The number of hydrogen-bond acceptors (Lipinski definition) is 2. The van der Waals surface area contributed by atoms with Gasteiger partial charge >= 0.3 is 0 Å². The summed E-state index contributed by atoms with van der Waals surface area (Å²) < 4.78 is 0. The van der Waals surface area contributed by atoms with E-state index in [1.807, 2.05) is 30.3 Å². The summed E-state index contributed by atoms with van der Waals surface area (Å²) in [6.45, 7) is 6.36. The molecular weight excluding hydrogens is 248 g/mol. The first-order chi connectivity index (χ1) is 9.39. The number of nitrogens with one attached hydrogen (secondary N) is 1. The van der Waals surface area contributed by atoms with Crippen molar-refractivity contribution in [3.63, 3.8) is 0 Å². The highest BCUT2D eigenvalue weighted by Gasteiger charge is 2.19. The predicted molar refractivity (Wildman–Crippen MR) is 83.9 cm³/mol. The monoisotopic (exact) mass is 268 g/mol. The second-order valence-electron chi connectivity index (χ2n) is 5.84. The molecule has 0 saturated carbocycles. The van der Waals surface area contributed by atoms with Crippen molar-refractivity contribution in [3.8, 4) is 0 Å². The molecule has 0 unspecified atom stereocenters. The number of hydrogen-bond donors (Lipinski definition) is 2. The zero-order chi connectivity index (χ0) is 14.8. The molecule has 20 heavy (non-hydrogen) atoms. The molecule has 0 heterocycles. The number of anilines is 2. The molecule has 0 radical (unpaired) electrons. The Hall–Kier alpha value is -2.29. The van der Waals surface area contributed by atoms with Gasteiger partial charge in [0.25, 0.3) is 5.91 Å². The third kappa shape index (κ3) is 2.99. The quantitative estimate of drug-likeness (QED) is 0.813. The van der Waals surface area contributed by atoms with Crippen LogP contribution >= 0.6 is 0 Å². The molecule has 0 aliphatic heterocycles. The number of nitrogens with two attached hydrogens (primary N) is 1. The number of carbonyl (C=O) groups is 1. The van der Waals surface area contributed by atoms with E-state index in [1.54, 1.807) is 18.2 Å². The maximum Gasteiger partial charge on any atom is 0.257 e. The Morgan fingerprint density at radius 2 is 1.60 bits per heavy atom. The SMILES string of the molecule is CC(C)(C)c1ccccc1NC(=O)c1ccccc1N. The fraction of sp³-hybridized carbons (Fsp3) is 0.235. The topological polar surface area (TPSA) is 55.1 Å². The lowest BCUT2D eigenvalue weighted by Crippen LogP contribution is -2.19. The Morgan fingerprint density at radius 1 is 1.00 bits per heavy atom. The third-order valence-corrected chi connectivity index (χ3v) is 3.19. The molecule has 1 amide bonds. The highest BCUT2D eigenvalue weighted by Crippen LogP contribution is 2.29. The van der Waals surface area contributed by atoms with Crippen molar-refractivity contribution in [2.45, 2.75) is 26.2 Å². The maximum absolute atomic E-state index is 12.3. The minimum absolute atomic E-state index is 0.0356. The summed E-state index contributed by atoms with van der Waals surface area (Å²) in [6, 6.07) is 14.9. The lowest BCUT2D eigenvalue weighted by molar-refractivity contribution is 0.102. The number of para-hydroxylation sites is 2. The van der Waals surface area contributed by atoms with Gasteiger partial charge in [0.15, 0.2) is 0 Å². The van der Waals surface area contributed by atoms with E-state index in [2.05, 4.69) is 26.1 Å². The average molecular weight is 268 g/mol. The van der Waals surface area contributed by atoms with Crippen LogP contribution in [0.1, 0.15) is 36.7 Å². The van der Waals surface area contributed by atoms with E-state index in [1.165, 1.54) is 0 Å². The third-order valence-electron chi connectivity index (χ3n) is 3.19. The number of amides is 1. The van der Waals surface area contributed by atoms with Gasteiger partial charge in [-0.3, -0.25) is 4.79 Å². The summed E-state index contributed by atoms with van der Waals surface area (Å²) in [5, 5.41) is 2.96. The zero-order valence-corrected chi connectivity index (χ0v) is 12.1. The second-order valence-corrected chi connectivity index (χ2v) is 5.84. The molecule has 0 bridgehead atoms. The van der Waals surface area contributed by atoms with Crippen LogP contribution < -0.4 is 11.1 Å². The molecule has 0 atom stereocenters. The van der Waals surface area contributed by atoms with Crippen LogP contribution in [0.25, 0.3) is 0 Å². The van der Waals surface area contributed by atoms with Crippen LogP contribution in [0, 0.1) is 0 Å². The van der Waals surface area contributed by atoms with E-state index < -0.39 is 0 Å². The van der Waals surface area contributed by atoms with E-state index in [0.717, 1.165) is 11.3 Å². The smallest absolute Gasteiger partial charge is 0.257 e. The Balaban J connectivity index is 2.32. The lowest BCUT2D eigenvalue weighted by atomic mass is 9.86. The van der Waals surface area contributed by atoms with Crippen molar-refractivity contribution >= 4 is 17.3 Å². The van der Waals surface area contributed by atoms with Crippen molar-refractivity contribution in [1.82, 2.24) is 0 Å². The van der Waals surface area contributed by atoms with Gasteiger partial charge in [-0.25, -0.2) is 0 Å². The minimum atomic E-state index is -0.181. The van der Waals surface area contributed by atoms with Gasteiger partial charge < -0.3 is 11.1 Å². The number of nitrogen functional groups attached to an aromatic ring is 1. The molecule has 0 saturated heterocycles. The van der Waals surface area contributed by atoms with Gasteiger partial charge in [0.2, 0.25) is 0 Å². The molecule has 3 N–H and O–H groups in total. The van der Waals surface area contributed by atoms with Crippen molar-refractivity contribution in [1.29, 1.82) is 0 Å². The summed E-state index contributed by atoms with van der Waals surface area (Å²) in [4.78, 5) is 12.3. The van der Waals surface area contributed by atoms with Gasteiger partial charge in [-0.1, -0.05) is 51.1 Å². The van der Waals surface area contributed by atoms with E-state index in [9.17, 15) is 4.79 Å². The van der Waals surface area contributed by atoms with Crippen LogP contribution in [0.2, 0.25) is 0 Å². The first kappa shape index (κ1) is 14.1. The molecule has 3 nitrogen and oxygen atoms in total. The summed E-state index contributed by atoms with van der Waals surface area (Å²) in [6.07, 6.45) is 0. The molecular formula is C17H20N2O. The Morgan fingerprint density at radius 3 is 2.25 bits per heavy atom. The van der Waals surface area contributed by atoms with Gasteiger partial charge in [0.05, 0.1) is 5.56 Å². The fourth-order valence-electron chi connectivity index (χ4n) is 2.14. The van der Waals surface area contributed by atoms with E-state index in [-0.39, 0.29) is 11.3 Å². The maximum atomic E-state index is 12.3. The van der Waals surface area contributed by atoms with E-state index in [0.29, 0.717) is 11.3 Å². The highest BCUT2D eigenvalue weighted by atomic mass is 16.1. The van der Waals surface area contributed by atoms with E-state index >= 15 is 0 Å². The molecule has 0 fully saturated rings. The minimum Gasteiger partial charge on any atom is -0.398 e. The molecule has 0 aliphatic rings. The summed E-state index contributed by atoms with van der Waals surface area (Å²) >= 11 is 0. The Labute approximate surface area is 119 Å². The molecule has 3 heteroatoms. The average Bonchev–Trinajstić information content (AvgIpc) is 2.38. The Kier molecular flexibility index (Phi) is 3.79. The van der Waals surface area contributed by atoms with Gasteiger partial charge in [0, 0.05) is 11.4 Å². The Bertz CT molecular complexity index is 627. The van der Waals surface area contributed by atoms with Gasteiger partial charge in [-0.05, 0) is 29.2 Å². The first-order valence-corrected chi connectivity index (χ1v) is 6.65. The molecule has 104 valence electrons. The van der Waals surface area contributed by atoms with Crippen molar-refractivity contribution in [2.75, 3.05) is 11.1 Å². The van der Waals surface area contributed by atoms with Crippen molar-refractivity contribution < 1.29 is 4.79 Å².